The number of rotatable bonds is 7. The Morgan fingerprint density at radius 2 is 1.95 bits per heavy atom. The molecule has 1 aromatic carbocycles. The third-order valence-electron chi connectivity index (χ3n) is 3.71. The Kier molecular flexibility index (Phi) is 6.37. The van der Waals surface area contributed by atoms with Gasteiger partial charge in [-0.15, -0.1) is 0 Å². The zero-order chi connectivity index (χ0) is 16.0. The smallest absolute Gasteiger partial charge is 0.336 e. The second-order valence-corrected chi connectivity index (χ2v) is 5.54. The molecule has 5 nitrogen and oxygen atoms in total. The van der Waals surface area contributed by atoms with Crippen LogP contribution in [0.15, 0.2) is 12.1 Å². The minimum Gasteiger partial charge on any atom is -0.478 e. The molecule has 0 radical (unpaired) electrons. The molecular formula is C16H24N2O3. The van der Waals surface area contributed by atoms with Crippen LogP contribution in [-0.4, -0.2) is 23.5 Å². The average Bonchev–Trinajstić information content (AvgIpc) is 2.40. The van der Waals surface area contributed by atoms with Crippen molar-refractivity contribution in [1.82, 2.24) is 0 Å². The van der Waals surface area contributed by atoms with Crippen molar-refractivity contribution in [3.05, 3.63) is 28.8 Å². The molecule has 1 rings (SSSR count). The first-order valence-corrected chi connectivity index (χ1v) is 7.19. The fraction of sp³-hybridized carbons (Fsp3) is 0.500. The summed E-state index contributed by atoms with van der Waals surface area (Å²) >= 11 is 0. The molecule has 0 aromatic heterocycles. The fourth-order valence-corrected chi connectivity index (χ4v) is 2.18. The second-order valence-electron chi connectivity index (χ2n) is 5.54. The van der Waals surface area contributed by atoms with Crippen LogP contribution in [0.1, 0.15) is 47.7 Å². The number of hydrogen-bond acceptors (Lipinski definition) is 3. The predicted molar refractivity (Wildman–Crippen MR) is 83.6 cm³/mol. The highest BCUT2D eigenvalue weighted by molar-refractivity contribution is 5.95. The van der Waals surface area contributed by atoms with Gasteiger partial charge in [0.05, 0.1) is 5.56 Å². The number of carboxylic acids is 1. The van der Waals surface area contributed by atoms with E-state index in [1.165, 1.54) is 6.07 Å². The number of benzene rings is 1. The van der Waals surface area contributed by atoms with Crippen LogP contribution in [0.5, 0.6) is 0 Å². The number of nitrogens with one attached hydrogen (secondary N) is 1. The minimum absolute atomic E-state index is 0.0986. The van der Waals surface area contributed by atoms with Crippen LogP contribution >= 0.6 is 0 Å². The van der Waals surface area contributed by atoms with Gasteiger partial charge in [-0.05, 0) is 62.4 Å². The van der Waals surface area contributed by atoms with Crippen LogP contribution < -0.4 is 11.1 Å². The highest BCUT2D eigenvalue weighted by Gasteiger charge is 2.12. The molecule has 0 aliphatic rings. The van der Waals surface area contributed by atoms with Crippen molar-refractivity contribution in [3.8, 4) is 0 Å². The normalized spacial score (nSPS) is 12.0. The first kappa shape index (κ1) is 17.2. The Hall–Kier alpha value is -1.88. The molecule has 0 bridgehead atoms. The van der Waals surface area contributed by atoms with Crippen LogP contribution in [0.2, 0.25) is 0 Å². The lowest BCUT2D eigenvalue weighted by atomic mass is 10.0. The molecule has 116 valence electrons. The topological polar surface area (TPSA) is 92.4 Å². The van der Waals surface area contributed by atoms with E-state index in [0.717, 1.165) is 24.0 Å². The molecule has 0 aliphatic carbocycles. The SMILES string of the molecule is Cc1cc(NC(=O)CCC(C)CCN)cc(C(=O)O)c1C. The lowest BCUT2D eigenvalue weighted by Gasteiger charge is -2.12. The van der Waals surface area contributed by atoms with Crippen LogP contribution in [0.4, 0.5) is 5.69 Å². The van der Waals surface area contributed by atoms with E-state index < -0.39 is 5.97 Å². The summed E-state index contributed by atoms with van der Waals surface area (Å²) in [5, 5.41) is 11.9. The number of carboxylic acid groups (broad SMARTS) is 1. The number of anilines is 1. The van der Waals surface area contributed by atoms with E-state index >= 15 is 0 Å². The summed E-state index contributed by atoms with van der Waals surface area (Å²) in [5.41, 5.74) is 7.81. The van der Waals surface area contributed by atoms with Crippen molar-refractivity contribution < 1.29 is 14.7 Å². The van der Waals surface area contributed by atoms with E-state index in [2.05, 4.69) is 12.2 Å². The molecule has 0 saturated carbocycles. The maximum absolute atomic E-state index is 11.9. The van der Waals surface area contributed by atoms with Gasteiger partial charge in [-0.25, -0.2) is 4.79 Å². The molecule has 1 atom stereocenters. The number of aryl methyl sites for hydroxylation is 1. The van der Waals surface area contributed by atoms with E-state index in [-0.39, 0.29) is 11.5 Å². The van der Waals surface area contributed by atoms with Gasteiger partial charge >= 0.3 is 5.97 Å². The summed E-state index contributed by atoms with van der Waals surface area (Å²) in [6, 6.07) is 3.30. The second kappa shape index (κ2) is 7.78. The Balaban J connectivity index is 2.70. The van der Waals surface area contributed by atoms with Crippen molar-refractivity contribution in [1.29, 1.82) is 0 Å². The number of carbonyl (C=O) groups excluding carboxylic acids is 1. The number of aromatic carboxylic acids is 1. The van der Waals surface area contributed by atoms with Gasteiger partial charge in [0.25, 0.3) is 0 Å². The zero-order valence-electron chi connectivity index (χ0n) is 12.9. The van der Waals surface area contributed by atoms with Gasteiger partial charge in [-0.2, -0.15) is 0 Å². The van der Waals surface area contributed by atoms with E-state index in [1.54, 1.807) is 13.0 Å². The summed E-state index contributed by atoms with van der Waals surface area (Å²) in [6.07, 6.45) is 2.09. The number of amides is 1. The molecule has 0 spiro atoms. The molecule has 0 saturated heterocycles. The number of nitrogens with two attached hydrogens (primary N) is 1. The summed E-state index contributed by atoms with van der Waals surface area (Å²) in [6.45, 7) is 6.29. The monoisotopic (exact) mass is 292 g/mol. The van der Waals surface area contributed by atoms with Crippen molar-refractivity contribution in [2.45, 2.75) is 40.0 Å². The first-order valence-electron chi connectivity index (χ1n) is 7.19. The first-order chi connectivity index (χ1) is 9.85. The van der Waals surface area contributed by atoms with E-state index in [9.17, 15) is 9.59 Å². The third kappa shape index (κ3) is 5.19. The van der Waals surface area contributed by atoms with Gasteiger partial charge in [0.1, 0.15) is 0 Å². The number of hydrogen-bond donors (Lipinski definition) is 3. The largest absolute Gasteiger partial charge is 0.478 e. The van der Waals surface area contributed by atoms with Gasteiger partial charge in [0.2, 0.25) is 5.91 Å². The van der Waals surface area contributed by atoms with Crippen LogP contribution in [0.25, 0.3) is 0 Å². The lowest BCUT2D eigenvalue weighted by molar-refractivity contribution is -0.116. The Labute approximate surface area is 125 Å². The van der Waals surface area contributed by atoms with E-state index in [1.807, 2.05) is 6.92 Å². The molecule has 1 aromatic rings. The van der Waals surface area contributed by atoms with E-state index in [0.29, 0.717) is 24.6 Å². The molecular weight excluding hydrogens is 268 g/mol. The summed E-state index contributed by atoms with van der Waals surface area (Å²) in [5.74, 6) is -0.670. The highest BCUT2D eigenvalue weighted by atomic mass is 16.4. The maximum atomic E-state index is 11.9. The standard InChI is InChI=1S/C16H24N2O3/c1-10(6-7-17)4-5-15(19)18-13-8-11(2)12(3)14(9-13)16(20)21/h8-10H,4-7,17H2,1-3H3,(H,18,19)(H,20,21). The average molecular weight is 292 g/mol. The Bertz CT molecular complexity index is 526. The van der Waals surface area contributed by atoms with Crippen LogP contribution in [0, 0.1) is 19.8 Å². The molecule has 1 unspecified atom stereocenters. The van der Waals surface area contributed by atoms with E-state index in [4.69, 9.17) is 10.8 Å². The van der Waals surface area contributed by atoms with Gasteiger partial charge in [-0.3, -0.25) is 4.79 Å². The molecule has 21 heavy (non-hydrogen) atoms. The Morgan fingerprint density at radius 1 is 1.29 bits per heavy atom. The molecule has 4 N–H and O–H groups in total. The summed E-state index contributed by atoms with van der Waals surface area (Å²) < 4.78 is 0. The zero-order valence-corrected chi connectivity index (χ0v) is 12.9. The van der Waals surface area contributed by atoms with Crippen molar-refractivity contribution in [3.63, 3.8) is 0 Å². The van der Waals surface area contributed by atoms with Crippen LogP contribution in [0.3, 0.4) is 0 Å². The minimum atomic E-state index is -0.983. The third-order valence-corrected chi connectivity index (χ3v) is 3.71. The van der Waals surface area contributed by atoms with Crippen molar-refractivity contribution in [2.24, 2.45) is 11.7 Å². The molecule has 5 heteroatoms. The molecule has 0 heterocycles. The summed E-state index contributed by atoms with van der Waals surface area (Å²) in [4.78, 5) is 23.1. The quantitative estimate of drug-likeness (QED) is 0.720. The van der Waals surface area contributed by atoms with Gasteiger partial charge < -0.3 is 16.2 Å². The molecule has 0 aliphatic heterocycles. The van der Waals surface area contributed by atoms with Gasteiger partial charge in [-0.1, -0.05) is 6.92 Å². The number of carbonyl (C=O) groups is 2. The maximum Gasteiger partial charge on any atom is 0.336 e. The van der Waals surface area contributed by atoms with Gasteiger partial charge in [0.15, 0.2) is 0 Å². The molecule has 1 amide bonds. The van der Waals surface area contributed by atoms with Gasteiger partial charge in [0, 0.05) is 12.1 Å². The molecule has 0 fully saturated rings. The summed E-state index contributed by atoms with van der Waals surface area (Å²) in [7, 11) is 0. The van der Waals surface area contributed by atoms with Crippen molar-refractivity contribution in [2.75, 3.05) is 11.9 Å². The lowest BCUT2D eigenvalue weighted by Crippen LogP contribution is -2.15. The Morgan fingerprint density at radius 3 is 2.52 bits per heavy atom. The fourth-order valence-electron chi connectivity index (χ4n) is 2.18. The van der Waals surface area contributed by atoms with Crippen LogP contribution in [-0.2, 0) is 4.79 Å². The van der Waals surface area contributed by atoms with Crippen molar-refractivity contribution >= 4 is 17.6 Å². The highest BCUT2D eigenvalue weighted by Crippen LogP contribution is 2.20. The predicted octanol–water partition coefficient (Wildman–Crippen LogP) is 2.71.